The summed E-state index contributed by atoms with van der Waals surface area (Å²) in [4.78, 5) is 27.4. The van der Waals surface area contributed by atoms with Crippen LogP contribution in [0.4, 0.5) is 9.18 Å². The number of halogens is 1. The molecule has 1 fully saturated rings. The van der Waals surface area contributed by atoms with E-state index in [1.165, 1.54) is 21.6 Å². The minimum atomic E-state index is -0.743. The molecule has 1 saturated heterocycles. The Morgan fingerprint density at radius 3 is 2.68 bits per heavy atom. The van der Waals surface area contributed by atoms with Crippen LogP contribution < -0.4 is 5.73 Å². The second-order valence-electron chi connectivity index (χ2n) is 6.92. The van der Waals surface area contributed by atoms with E-state index in [0.29, 0.717) is 36.7 Å². The Morgan fingerprint density at radius 2 is 2.04 bits per heavy atom. The van der Waals surface area contributed by atoms with E-state index >= 15 is 0 Å². The number of nitrogens with two attached hydrogens (primary N) is 1. The molecule has 2 heterocycles. The van der Waals surface area contributed by atoms with Crippen molar-refractivity contribution >= 4 is 23.7 Å². The number of benzene rings is 1. The van der Waals surface area contributed by atoms with E-state index in [9.17, 15) is 14.0 Å². The molecule has 150 valence electrons. The number of hydrogen-bond acceptors (Lipinski definition) is 5. The maximum absolute atomic E-state index is 14.9. The Morgan fingerprint density at radius 1 is 1.36 bits per heavy atom. The quantitative estimate of drug-likeness (QED) is 0.746. The molecule has 1 aromatic carbocycles. The highest BCUT2D eigenvalue weighted by Gasteiger charge is 2.37. The van der Waals surface area contributed by atoms with Crippen LogP contribution in [0.1, 0.15) is 35.6 Å². The molecule has 0 spiro atoms. The second-order valence-corrected chi connectivity index (χ2v) is 7.91. The first kappa shape index (κ1) is 20.3. The molecule has 0 bridgehead atoms. The molecule has 0 saturated carbocycles. The third kappa shape index (κ3) is 4.20. The fourth-order valence-corrected chi connectivity index (χ4v) is 3.98. The van der Waals surface area contributed by atoms with Crippen LogP contribution in [0.15, 0.2) is 29.3 Å². The number of carbonyl (C=O) groups excluding carboxylic acids is 2. The number of likely N-dealkylation sites (tertiary alicyclic amines) is 1. The average Bonchev–Trinajstić information content (AvgIpc) is 3.06. The van der Waals surface area contributed by atoms with Gasteiger partial charge in [0.2, 0.25) is 5.91 Å². The molecule has 0 radical (unpaired) electrons. The van der Waals surface area contributed by atoms with E-state index in [1.807, 2.05) is 24.3 Å². The molecule has 7 nitrogen and oxygen atoms in total. The predicted octanol–water partition coefficient (Wildman–Crippen LogP) is 2.69. The summed E-state index contributed by atoms with van der Waals surface area (Å²) in [5.74, 6) is -1.09. The number of thioether (sulfide) groups is 1. The van der Waals surface area contributed by atoms with Gasteiger partial charge in [-0.2, -0.15) is 5.10 Å². The third-order valence-corrected chi connectivity index (χ3v) is 5.76. The lowest BCUT2D eigenvalue weighted by molar-refractivity contribution is -0.132. The van der Waals surface area contributed by atoms with Crippen molar-refractivity contribution in [1.82, 2.24) is 20.0 Å². The van der Waals surface area contributed by atoms with Gasteiger partial charge in [-0.25, -0.2) is 9.18 Å². The summed E-state index contributed by atoms with van der Waals surface area (Å²) in [7, 11) is 3.17. The van der Waals surface area contributed by atoms with Gasteiger partial charge in [-0.3, -0.25) is 14.8 Å². The highest BCUT2D eigenvalue weighted by Crippen LogP contribution is 2.33. The van der Waals surface area contributed by atoms with E-state index in [0.717, 1.165) is 11.1 Å². The molecule has 28 heavy (non-hydrogen) atoms. The highest BCUT2D eigenvalue weighted by atomic mass is 32.2. The lowest BCUT2D eigenvalue weighted by Gasteiger charge is -2.31. The van der Waals surface area contributed by atoms with E-state index in [-0.39, 0.29) is 11.7 Å². The lowest BCUT2D eigenvalue weighted by Crippen LogP contribution is -2.48. The normalized spacial score (nSPS) is 17.1. The van der Waals surface area contributed by atoms with E-state index in [2.05, 4.69) is 10.2 Å². The molecule has 9 heteroatoms. The Kier molecular flexibility index (Phi) is 6.35. The Balaban J connectivity index is 1.71. The zero-order valence-electron chi connectivity index (χ0n) is 15.9. The number of amides is 3. The van der Waals surface area contributed by atoms with Gasteiger partial charge in [0.25, 0.3) is 0 Å². The number of aromatic amines is 1. The molecule has 1 aliphatic heterocycles. The summed E-state index contributed by atoms with van der Waals surface area (Å²) < 4.78 is 14.9. The molecule has 2 aromatic rings. The van der Waals surface area contributed by atoms with E-state index in [1.54, 1.807) is 14.1 Å². The Labute approximate surface area is 167 Å². The Hall–Kier alpha value is -2.39. The van der Waals surface area contributed by atoms with Crippen LogP contribution >= 0.6 is 11.8 Å². The van der Waals surface area contributed by atoms with Gasteiger partial charge in [0.15, 0.2) is 5.82 Å². The summed E-state index contributed by atoms with van der Waals surface area (Å²) in [5.41, 5.74) is 7.75. The van der Waals surface area contributed by atoms with Crippen LogP contribution in [0.25, 0.3) is 0 Å². The third-order valence-electron chi connectivity index (χ3n) is 4.73. The molecular weight excluding hydrogens is 381 g/mol. The van der Waals surface area contributed by atoms with Crippen LogP contribution in [0, 0.1) is 5.82 Å². The zero-order valence-corrected chi connectivity index (χ0v) is 16.8. The fraction of sp³-hybridized carbons (Fsp3) is 0.421. The summed E-state index contributed by atoms with van der Waals surface area (Å²) in [6.45, 7) is 0.827. The minimum absolute atomic E-state index is 0.0854. The Bertz CT molecular complexity index is 853. The molecule has 3 rings (SSSR count). The fourth-order valence-electron chi connectivity index (χ4n) is 3.14. The first-order valence-electron chi connectivity index (χ1n) is 9.09. The maximum Gasteiger partial charge on any atom is 0.326 e. The van der Waals surface area contributed by atoms with Crippen LogP contribution in [-0.4, -0.2) is 52.6 Å². The molecule has 3 amide bonds. The maximum atomic E-state index is 14.9. The highest BCUT2D eigenvalue weighted by molar-refractivity contribution is 7.98. The number of piperidine rings is 1. The van der Waals surface area contributed by atoms with Gasteiger partial charge in [0.1, 0.15) is 10.7 Å². The number of H-pyrrole nitrogens is 1. The van der Waals surface area contributed by atoms with Crippen LogP contribution in [-0.2, 0) is 17.1 Å². The minimum Gasteiger partial charge on any atom is -0.330 e. The van der Waals surface area contributed by atoms with Gasteiger partial charge < -0.3 is 10.6 Å². The van der Waals surface area contributed by atoms with Gasteiger partial charge in [0.05, 0.1) is 5.92 Å². The van der Waals surface area contributed by atoms with Gasteiger partial charge in [0, 0.05) is 32.9 Å². The topological polar surface area (TPSA) is 95.3 Å². The summed E-state index contributed by atoms with van der Waals surface area (Å²) in [5, 5.41) is 7.06. The molecule has 3 N–H and O–H groups in total. The van der Waals surface area contributed by atoms with Crippen LogP contribution in [0.5, 0.6) is 0 Å². The van der Waals surface area contributed by atoms with Crippen LogP contribution in [0.2, 0.25) is 0 Å². The number of hydrogen-bond donors (Lipinski definition) is 2. The van der Waals surface area contributed by atoms with Gasteiger partial charge in [-0.05, 0) is 24.0 Å². The standard InChI is InChI=1S/C19H24FN5O2S/c1-24(2)19(27)25-9-3-4-14(18(25)26)16-15(20)17(23-22-16)28-11-13-7-5-12(10-21)6-8-13/h5-8,14H,3-4,9-11,21H2,1-2H3,(H,22,23). The first-order chi connectivity index (χ1) is 13.4. The molecular formula is C19H24FN5O2S. The number of nitrogens with zero attached hydrogens (tertiary/aromatic N) is 3. The smallest absolute Gasteiger partial charge is 0.326 e. The summed E-state index contributed by atoms with van der Waals surface area (Å²) in [6, 6.07) is 7.42. The van der Waals surface area contributed by atoms with Crippen molar-refractivity contribution < 1.29 is 14.0 Å². The van der Waals surface area contributed by atoms with Crippen molar-refractivity contribution in [2.45, 2.75) is 36.1 Å². The molecule has 1 aliphatic rings. The predicted molar refractivity (Wildman–Crippen MR) is 105 cm³/mol. The SMILES string of the molecule is CN(C)C(=O)N1CCCC(c2n[nH]c(SCc3ccc(CN)cc3)c2F)C1=O. The molecule has 0 aliphatic carbocycles. The summed E-state index contributed by atoms with van der Waals surface area (Å²) >= 11 is 1.29. The van der Waals surface area contributed by atoms with Gasteiger partial charge in [-0.1, -0.05) is 36.0 Å². The number of carbonyl (C=O) groups is 2. The second kappa shape index (κ2) is 8.74. The van der Waals surface area contributed by atoms with E-state index in [4.69, 9.17) is 5.73 Å². The lowest BCUT2D eigenvalue weighted by atomic mass is 9.94. The number of imide groups is 1. The molecule has 1 atom stereocenters. The first-order valence-corrected chi connectivity index (χ1v) is 10.1. The van der Waals surface area contributed by atoms with Crippen molar-refractivity contribution in [3.05, 3.63) is 46.9 Å². The average molecular weight is 405 g/mol. The number of urea groups is 1. The van der Waals surface area contributed by atoms with Crippen molar-refractivity contribution in [3.63, 3.8) is 0 Å². The van der Waals surface area contributed by atoms with E-state index < -0.39 is 17.6 Å². The number of rotatable bonds is 5. The van der Waals surface area contributed by atoms with Gasteiger partial charge in [-0.15, -0.1) is 0 Å². The van der Waals surface area contributed by atoms with Crippen molar-refractivity contribution in [2.24, 2.45) is 5.73 Å². The number of nitrogens with one attached hydrogen (secondary N) is 1. The number of aromatic nitrogens is 2. The van der Waals surface area contributed by atoms with Crippen molar-refractivity contribution in [2.75, 3.05) is 20.6 Å². The monoisotopic (exact) mass is 405 g/mol. The molecule has 1 unspecified atom stereocenters. The van der Waals surface area contributed by atoms with Crippen LogP contribution in [0.3, 0.4) is 0 Å². The van der Waals surface area contributed by atoms with Crippen molar-refractivity contribution in [3.8, 4) is 0 Å². The summed E-state index contributed by atoms with van der Waals surface area (Å²) in [6.07, 6.45) is 1.10. The molecule has 1 aromatic heterocycles. The van der Waals surface area contributed by atoms with Gasteiger partial charge >= 0.3 is 6.03 Å². The van der Waals surface area contributed by atoms with Crippen molar-refractivity contribution in [1.29, 1.82) is 0 Å². The zero-order chi connectivity index (χ0) is 20.3. The largest absolute Gasteiger partial charge is 0.330 e.